The van der Waals surface area contributed by atoms with Crippen LogP contribution in [0.5, 0.6) is 0 Å². The number of ether oxygens (including phenoxy) is 2. The molecule has 10 nitrogen and oxygen atoms in total. The van der Waals surface area contributed by atoms with Crippen molar-refractivity contribution in [1.82, 2.24) is 19.5 Å². The fraction of sp³-hybridized carbons (Fsp3) is 0.294. The highest BCUT2D eigenvalue weighted by atomic mass is 16.6. The van der Waals surface area contributed by atoms with Crippen LogP contribution in [0.2, 0.25) is 0 Å². The smallest absolute Gasteiger partial charge is 0.323 e. The van der Waals surface area contributed by atoms with Gasteiger partial charge in [0.1, 0.15) is 19.4 Å². The van der Waals surface area contributed by atoms with Crippen molar-refractivity contribution >= 4 is 23.1 Å². The first kappa shape index (κ1) is 18.5. The molecule has 1 aromatic carbocycles. The lowest BCUT2D eigenvalue weighted by atomic mass is 10.1. The third-order valence-electron chi connectivity index (χ3n) is 3.80. The highest BCUT2D eigenvalue weighted by Gasteiger charge is 2.15. The zero-order valence-corrected chi connectivity index (χ0v) is 14.5. The van der Waals surface area contributed by atoms with Gasteiger partial charge in [0.25, 0.3) is 5.56 Å². The van der Waals surface area contributed by atoms with Gasteiger partial charge in [-0.2, -0.15) is 4.98 Å². The van der Waals surface area contributed by atoms with Crippen LogP contribution in [0.4, 0.5) is 5.95 Å². The van der Waals surface area contributed by atoms with Crippen LogP contribution in [0.3, 0.4) is 0 Å². The predicted octanol–water partition coefficient (Wildman–Crippen LogP) is -0.211. The zero-order chi connectivity index (χ0) is 19.2. The standard InChI is InChI=1S/C17H20N6O4/c18-12(8-11-4-2-1-3-5-11)16(25)27-7-6-26-10-23-9-20-13-14(23)21-17(19)22-15(13)24/h1-5,9,12H,6-8,10,18H2,(H3,19,21,22,24)/t12-/m0/s1. The van der Waals surface area contributed by atoms with Gasteiger partial charge in [0, 0.05) is 0 Å². The van der Waals surface area contributed by atoms with E-state index in [1.54, 1.807) is 0 Å². The number of anilines is 1. The lowest BCUT2D eigenvalue weighted by molar-refractivity contribution is -0.147. The molecule has 0 amide bonds. The first-order chi connectivity index (χ1) is 13.0. The Labute approximate surface area is 154 Å². The Morgan fingerprint density at radius 3 is 2.81 bits per heavy atom. The third kappa shape index (κ3) is 4.68. The van der Waals surface area contributed by atoms with Crippen LogP contribution in [0.1, 0.15) is 5.56 Å². The number of nitrogen functional groups attached to an aromatic ring is 1. The lowest BCUT2D eigenvalue weighted by Gasteiger charge is -2.12. The van der Waals surface area contributed by atoms with E-state index in [9.17, 15) is 9.59 Å². The lowest BCUT2D eigenvalue weighted by Crippen LogP contribution is -2.35. The zero-order valence-electron chi connectivity index (χ0n) is 14.5. The van der Waals surface area contributed by atoms with Gasteiger partial charge in [-0.25, -0.2) is 4.98 Å². The molecule has 2 heterocycles. The number of esters is 1. The monoisotopic (exact) mass is 372 g/mol. The van der Waals surface area contributed by atoms with Crippen molar-refractivity contribution in [3.8, 4) is 0 Å². The second-order valence-corrected chi connectivity index (χ2v) is 5.84. The van der Waals surface area contributed by atoms with Gasteiger partial charge in [-0.1, -0.05) is 30.3 Å². The summed E-state index contributed by atoms with van der Waals surface area (Å²) in [5.41, 5.74) is 12.4. The van der Waals surface area contributed by atoms with E-state index in [-0.39, 0.29) is 31.4 Å². The minimum Gasteiger partial charge on any atom is -0.462 e. The summed E-state index contributed by atoms with van der Waals surface area (Å²) >= 11 is 0. The van der Waals surface area contributed by atoms with Gasteiger partial charge in [-0.3, -0.25) is 19.1 Å². The number of hydrogen-bond donors (Lipinski definition) is 3. The summed E-state index contributed by atoms with van der Waals surface area (Å²) in [4.78, 5) is 34.0. The first-order valence-corrected chi connectivity index (χ1v) is 8.29. The molecule has 142 valence electrons. The third-order valence-corrected chi connectivity index (χ3v) is 3.80. The number of aromatic nitrogens is 4. The van der Waals surface area contributed by atoms with Crippen molar-refractivity contribution < 1.29 is 14.3 Å². The molecule has 5 N–H and O–H groups in total. The number of nitrogens with two attached hydrogens (primary N) is 2. The number of H-pyrrole nitrogens is 1. The second kappa shape index (κ2) is 8.43. The average Bonchev–Trinajstić information content (AvgIpc) is 3.05. The molecule has 0 unspecified atom stereocenters. The maximum absolute atomic E-state index is 11.9. The molecular formula is C17H20N6O4. The molecule has 0 saturated heterocycles. The molecule has 3 aromatic rings. The maximum atomic E-state index is 11.9. The van der Waals surface area contributed by atoms with Gasteiger partial charge in [0.15, 0.2) is 11.2 Å². The molecule has 0 aliphatic heterocycles. The van der Waals surface area contributed by atoms with Crippen LogP contribution in [0.25, 0.3) is 11.2 Å². The molecule has 0 spiro atoms. The predicted molar refractivity (Wildman–Crippen MR) is 97.6 cm³/mol. The topological polar surface area (TPSA) is 151 Å². The van der Waals surface area contributed by atoms with Gasteiger partial charge in [0.2, 0.25) is 5.95 Å². The van der Waals surface area contributed by atoms with Crippen molar-refractivity contribution in [2.75, 3.05) is 18.9 Å². The van der Waals surface area contributed by atoms with Crippen LogP contribution in [0, 0.1) is 0 Å². The number of benzene rings is 1. The van der Waals surface area contributed by atoms with E-state index in [1.165, 1.54) is 10.9 Å². The molecule has 10 heteroatoms. The summed E-state index contributed by atoms with van der Waals surface area (Å²) in [6.07, 6.45) is 1.83. The van der Waals surface area contributed by atoms with Gasteiger partial charge in [-0.15, -0.1) is 0 Å². The maximum Gasteiger partial charge on any atom is 0.323 e. The fourth-order valence-corrected chi connectivity index (χ4v) is 2.49. The van der Waals surface area contributed by atoms with E-state index >= 15 is 0 Å². The molecule has 1 atom stereocenters. The number of hydrogen-bond acceptors (Lipinski definition) is 8. The van der Waals surface area contributed by atoms with Crippen LogP contribution in [-0.4, -0.2) is 44.7 Å². The number of rotatable bonds is 8. The van der Waals surface area contributed by atoms with Gasteiger partial charge >= 0.3 is 5.97 Å². The number of imidazole rings is 1. The average molecular weight is 372 g/mol. The highest BCUT2D eigenvalue weighted by molar-refractivity contribution is 5.75. The summed E-state index contributed by atoms with van der Waals surface area (Å²) in [5, 5.41) is 0. The molecule has 0 bridgehead atoms. The Hall–Kier alpha value is -3.24. The SMILES string of the molecule is Nc1nc2c(ncn2COCCOC(=O)[C@@H](N)Cc2ccccc2)c(=O)[nH]1. The number of nitrogens with one attached hydrogen (secondary N) is 1. The summed E-state index contributed by atoms with van der Waals surface area (Å²) in [6, 6.07) is 8.74. The van der Waals surface area contributed by atoms with E-state index < -0.39 is 17.6 Å². The number of nitrogens with zero attached hydrogens (tertiary/aromatic N) is 3. The Morgan fingerprint density at radius 2 is 2.04 bits per heavy atom. The minimum atomic E-state index is -0.733. The van der Waals surface area contributed by atoms with Crippen molar-refractivity contribution in [3.05, 3.63) is 52.6 Å². The molecule has 0 radical (unpaired) electrons. The molecular weight excluding hydrogens is 352 g/mol. The second-order valence-electron chi connectivity index (χ2n) is 5.84. The number of carbonyl (C=O) groups excluding carboxylic acids is 1. The van der Waals surface area contributed by atoms with Gasteiger partial charge in [0.05, 0.1) is 12.9 Å². The number of fused-ring (bicyclic) bond motifs is 1. The van der Waals surface area contributed by atoms with Crippen LogP contribution in [0.15, 0.2) is 41.5 Å². The summed E-state index contributed by atoms with van der Waals surface area (Å²) in [5.74, 6) is -0.493. The number of aromatic amines is 1. The quantitative estimate of drug-likeness (QED) is 0.363. The molecule has 0 saturated carbocycles. The van der Waals surface area contributed by atoms with Crippen LogP contribution < -0.4 is 17.0 Å². The Balaban J connectivity index is 1.43. The van der Waals surface area contributed by atoms with Crippen LogP contribution >= 0.6 is 0 Å². The highest BCUT2D eigenvalue weighted by Crippen LogP contribution is 2.06. The Bertz CT molecular complexity index is 968. The molecule has 2 aromatic heterocycles. The van der Waals surface area contributed by atoms with E-state index in [1.807, 2.05) is 30.3 Å². The van der Waals surface area contributed by atoms with Gasteiger partial charge < -0.3 is 20.9 Å². The molecule has 0 aliphatic carbocycles. The van der Waals surface area contributed by atoms with Crippen molar-refractivity contribution in [3.63, 3.8) is 0 Å². The fourth-order valence-electron chi connectivity index (χ4n) is 2.49. The molecule has 3 rings (SSSR count). The molecule has 27 heavy (non-hydrogen) atoms. The minimum absolute atomic E-state index is 0.00409. The van der Waals surface area contributed by atoms with Crippen molar-refractivity contribution in [2.24, 2.45) is 5.73 Å². The van der Waals surface area contributed by atoms with E-state index in [4.69, 9.17) is 20.9 Å². The molecule has 0 aliphatic rings. The summed E-state index contributed by atoms with van der Waals surface area (Å²) in [6.45, 7) is 0.298. The van der Waals surface area contributed by atoms with Gasteiger partial charge in [-0.05, 0) is 12.0 Å². The Morgan fingerprint density at radius 1 is 1.26 bits per heavy atom. The summed E-state index contributed by atoms with van der Waals surface area (Å²) < 4.78 is 12.1. The van der Waals surface area contributed by atoms with E-state index in [2.05, 4.69) is 15.0 Å². The van der Waals surface area contributed by atoms with E-state index in [0.717, 1.165) is 5.56 Å². The normalized spacial score (nSPS) is 12.2. The summed E-state index contributed by atoms with van der Waals surface area (Å²) in [7, 11) is 0. The first-order valence-electron chi connectivity index (χ1n) is 8.29. The molecule has 0 fully saturated rings. The Kier molecular flexibility index (Phi) is 5.79. The van der Waals surface area contributed by atoms with Crippen LogP contribution in [-0.2, 0) is 27.4 Å². The van der Waals surface area contributed by atoms with Crippen molar-refractivity contribution in [2.45, 2.75) is 19.2 Å². The largest absolute Gasteiger partial charge is 0.462 e. The number of carbonyl (C=O) groups is 1. The van der Waals surface area contributed by atoms with Crippen molar-refractivity contribution in [1.29, 1.82) is 0 Å². The van der Waals surface area contributed by atoms with E-state index in [0.29, 0.717) is 12.1 Å².